The Morgan fingerprint density at radius 2 is 1.10 bits per heavy atom. The van der Waals surface area contributed by atoms with E-state index in [0.29, 0.717) is 64.5 Å². The Labute approximate surface area is 366 Å². The monoisotopic (exact) mass is 846 g/mol. The number of benzene rings is 4. The molecule has 0 bridgehead atoms. The van der Waals surface area contributed by atoms with E-state index in [9.17, 15) is 5.11 Å². The van der Waals surface area contributed by atoms with Crippen LogP contribution in [0.25, 0.3) is 32.6 Å². The van der Waals surface area contributed by atoms with Gasteiger partial charge in [0.1, 0.15) is 0 Å². The van der Waals surface area contributed by atoms with Gasteiger partial charge in [0.05, 0.1) is 60.5 Å². The number of nitrogens with zero attached hydrogens (tertiary/aromatic N) is 8. The van der Waals surface area contributed by atoms with E-state index in [0.717, 1.165) is 27.8 Å². The van der Waals surface area contributed by atoms with Gasteiger partial charge in [0.15, 0.2) is 19.7 Å². The molecule has 4 atom stereocenters. The van der Waals surface area contributed by atoms with Crippen molar-refractivity contribution in [2.45, 2.75) is 111 Å². The Balaban J connectivity index is 0.000000275. The number of rotatable bonds is 12. The molecule has 0 spiro atoms. The van der Waals surface area contributed by atoms with E-state index in [2.05, 4.69) is 89.1 Å². The molecule has 0 aliphatic rings. The third-order valence-electron chi connectivity index (χ3n) is 11.1. The van der Waals surface area contributed by atoms with Gasteiger partial charge in [-0.2, -0.15) is 10.5 Å². The zero-order chi connectivity index (χ0) is 44.5. The molecule has 0 fully saturated rings. The zero-order valence-corrected chi connectivity index (χ0v) is 37.1. The van der Waals surface area contributed by atoms with Gasteiger partial charge in [0.25, 0.3) is 0 Å². The lowest BCUT2D eigenvalue weighted by atomic mass is 9.93. The van der Waals surface area contributed by atoms with E-state index >= 15 is 0 Å². The Bertz CT molecular complexity index is 2620. The largest absolute Gasteiger partial charge is 0.420 e. The normalized spacial score (nSPS) is 13.1. The van der Waals surface area contributed by atoms with Gasteiger partial charge in [-0.25, -0.2) is 9.69 Å². The van der Waals surface area contributed by atoms with Crippen molar-refractivity contribution in [1.82, 2.24) is 20.4 Å². The lowest BCUT2D eigenvalue weighted by Gasteiger charge is -2.40. The number of aliphatic hydroxyl groups is 1. The molecular weight excluding hydrogens is 793 g/mol. The third-order valence-corrected chi connectivity index (χ3v) is 15.7. The maximum Gasteiger partial charge on any atom is 0.247 e. The molecule has 0 unspecified atom stereocenters. The van der Waals surface area contributed by atoms with Gasteiger partial charge in [-0.15, -0.1) is 20.4 Å². The fourth-order valence-electron chi connectivity index (χ4n) is 6.47. The summed E-state index contributed by atoms with van der Waals surface area (Å²) in [6.07, 6.45) is 0.353. The van der Waals surface area contributed by atoms with Crippen LogP contribution in [0.3, 0.4) is 0 Å². The fourth-order valence-corrected chi connectivity index (χ4v) is 7.91. The van der Waals surface area contributed by atoms with Gasteiger partial charge in [0.2, 0.25) is 23.6 Å². The van der Waals surface area contributed by atoms with Gasteiger partial charge in [-0.1, -0.05) is 64.6 Å². The van der Waals surface area contributed by atoms with Gasteiger partial charge >= 0.3 is 0 Å². The number of hydrogen-bond acceptors (Lipinski definition) is 10. The Hall–Kier alpha value is -6.74. The smallest absolute Gasteiger partial charge is 0.247 e. The quantitative estimate of drug-likeness (QED) is 0.0926. The van der Waals surface area contributed by atoms with E-state index in [4.69, 9.17) is 36.9 Å². The van der Waals surface area contributed by atoms with E-state index < -0.39 is 14.4 Å². The first kappa shape index (κ1) is 47.9. The van der Waals surface area contributed by atoms with Crippen LogP contribution in [0.4, 0.5) is 11.4 Å². The standard InChI is InChI=1S/C27H32N4O2Si.C21H18N4O2.CH4/c1-18-15-21(11-14-24(18)29-6)16-23(19(2)33-34(7,8)27(3,4)5)26-31-30-25(32-26)22-12-9-20(17-28)10-13-22;1-13-10-16(6-9-19(13)23-3)11-18(14(2)26)21-25-24-20(27-21)17-7-4-15(12-22)5-8-17;/h9-15,19,23H,16H2,1-5,7-8H3;4-10,14,18,26H,11H2,1-2H3;1H4/t19-,23+;14-,18+;/m00./s1. The number of aryl methyl sites for hydroxylation is 2. The SMILES string of the molecule is C.[C-]#[N+]c1ccc(C[C@@H](c2nnc(-c3ccc(C#N)cc3)o2)[C@H](C)O)cc1C.[C-]#[N+]c1ccc(C[C@@H](c2nnc(-c3ccc(C#N)cc3)o2)[C@H](C)O[Si](C)(C)C(C)(C)C)cc1C. The topological polar surface area (TPSA) is 164 Å². The lowest BCUT2D eigenvalue weighted by Crippen LogP contribution is -2.44. The second kappa shape index (κ2) is 20.7. The first-order valence-corrected chi connectivity index (χ1v) is 22.8. The minimum absolute atomic E-state index is 0. The predicted molar refractivity (Wildman–Crippen MR) is 243 cm³/mol. The van der Waals surface area contributed by atoms with Crippen molar-refractivity contribution in [3.63, 3.8) is 0 Å². The van der Waals surface area contributed by atoms with Crippen LogP contribution in [-0.2, 0) is 17.3 Å². The average Bonchev–Trinajstić information content (AvgIpc) is 3.93. The summed E-state index contributed by atoms with van der Waals surface area (Å²) in [5.41, 5.74) is 7.84. The van der Waals surface area contributed by atoms with E-state index in [-0.39, 0.29) is 30.4 Å². The highest BCUT2D eigenvalue weighted by atomic mass is 28.4. The molecule has 4 aromatic carbocycles. The van der Waals surface area contributed by atoms with Crippen LogP contribution >= 0.6 is 0 Å². The van der Waals surface area contributed by atoms with Gasteiger partial charge in [0, 0.05) is 11.1 Å². The lowest BCUT2D eigenvalue weighted by molar-refractivity contribution is 0.148. The molecule has 1 N–H and O–H groups in total. The van der Waals surface area contributed by atoms with Gasteiger partial charge in [-0.05, 0) is 129 Å². The van der Waals surface area contributed by atoms with Crippen molar-refractivity contribution in [2.24, 2.45) is 0 Å². The van der Waals surface area contributed by atoms with Crippen molar-refractivity contribution >= 4 is 19.7 Å². The second-order valence-corrected chi connectivity index (χ2v) is 21.4. The van der Waals surface area contributed by atoms with E-state index in [1.807, 2.05) is 50.2 Å². The molecule has 2 heterocycles. The molecule has 0 aliphatic heterocycles. The highest BCUT2D eigenvalue weighted by molar-refractivity contribution is 6.74. The molecule has 6 rings (SSSR count). The van der Waals surface area contributed by atoms with Crippen LogP contribution < -0.4 is 0 Å². The van der Waals surface area contributed by atoms with Gasteiger partial charge in [-0.3, -0.25) is 0 Å². The number of aliphatic hydroxyl groups excluding tert-OH is 1. The minimum Gasteiger partial charge on any atom is -0.420 e. The van der Waals surface area contributed by atoms with Crippen LogP contribution in [-0.4, -0.2) is 46.0 Å². The first-order chi connectivity index (χ1) is 29.0. The molecule has 0 radical (unpaired) electrons. The van der Waals surface area contributed by atoms with Crippen LogP contribution in [0.15, 0.2) is 93.8 Å². The van der Waals surface area contributed by atoms with Crippen molar-refractivity contribution in [3.8, 4) is 35.0 Å². The molecule has 318 valence electrons. The van der Waals surface area contributed by atoms with Crippen molar-refractivity contribution in [1.29, 1.82) is 10.5 Å². The van der Waals surface area contributed by atoms with E-state index in [1.54, 1.807) is 49.4 Å². The maximum atomic E-state index is 10.2. The molecule has 6 aromatic rings. The average molecular weight is 847 g/mol. The summed E-state index contributed by atoms with van der Waals surface area (Å²) in [4.78, 5) is 7.05. The van der Waals surface area contributed by atoms with Crippen LogP contribution in [0.2, 0.25) is 18.1 Å². The van der Waals surface area contributed by atoms with Crippen molar-refractivity contribution in [3.05, 3.63) is 153 Å². The molecule has 62 heavy (non-hydrogen) atoms. The van der Waals surface area contributed by atoms with Crippen molar-refractivity contribution in [2.75, 3.05) is 0 Å². The Morgan fingerprint density at radius 1 is 0.694 bits per heavy atom. The summed E-state index contributed by atoms with van der Waals surface area (Å²) in [7, 11) is -2.03. The molecular formula is C49H54N8O4Si. The summed E-state index contributed by atoms with van der Waals surface area (Å²) in [6.45, 7) is 33.2. The summed E-state index contributed by atoms with van der Waals surface area (Å²) >= 11 is 0. The summed E-state index contributed by atoms with van der Waals surface area (Å²) in [5, 5.41) is 45.1. The summed E-state index contributed by atoms with van der Waals surface area (Å²) in [6, 6.07) is 29.7. The Kier molecular flexibility index (Phi) is 16.0. The summed E-state index contributed by atoms with van der Waals surface area (Å²) < 4.78 is 18.7. The first-order valence-electron chi connectivity index (χ1n) is 19.9. The molecule has 13 heteroatoms. The van der Waals surface area contributed by atoms with Crippen molar-refractivity contribution < 1.29 is 18.4 Å². The van der Waals surface area contributed by atoms with E-state index in [1.165, 1.54) is 0 Å². The summed E-state index contributed by atoms with van der Waals surface area (Å²) in [5.74, 6) is 1.15. The Morgan fingerprint density at radius 3 is 1.45 bits per heavy atom. The third kappa shape index (κ3) is 11.7. The molecule has 0 amide bonds. The molecule has 12 nitrogen and oxygen atoms in total. The molecule has 2 aromatic heterocycles. The number of hydrogen-bond donors (Lipinski definition) is 1. The van der Waals surface area contributed by atoms with Crippen LogP contribution in [0.5, 0.6) is 0 Å². The maximum absolute atomic E-state index is 10.2. The van der Waals surface area contributed by atoms with Crippen LogP contribution in [0.1, 0.15) is 99.0 Å². The van der Waals surface area contributed by atoms with Crippen LogP contribution in [0, 0.1) is 49.7 Å². The molecule has 0 aliphatic carbocycles. The predicted octanol–water partition coefficient (Wildman–Crippen LogP) is 12.0. The van der Waals surface area contributed by atoms with Gasteiger partial charge < -0.3 is 18.4 Å². The number of nitriles is 2. The zero-order valence-electron chi connectivity index (χ0n) is 36.1. The minimum atomic E-state index is -2.03. The second-order valence-electron chi connectivity index (χ2n) is 16.7. The fraction of sp³-hybridized carbons (Fsp3) is 0.347. The molecule has 0 saturated heterocycles. The highest BCUT2D eigenvalue weighted by Crippen LogP contribution is 2.40. The number of aromatic nitrogens is 4. The highest BCUT2D eigenvalue weighted by Gasteiger charge is 2.41. The molecule has 0 saturated carbocycles.